The molecular formula is C11H7F3N4O4S. The molecule has 1 N–H and O–H groups in total. The monoisotopic (exact) mass is 348 g/mol. The first-order valence-electron chi connectivity index (χ1n) is 5.76. The van der Waals surface area contributed by atoms with Gasteiger partial charge in [0.2, 0.25) is 11.0 Å². The first-order chi connectivity index (χ1) is 10.7. The van der Waals surface area contributed by atoms with Crippen LogP contribution in [0.15, 0.2) is 28.3 Å². The van der Waals surface area contributed by atoms with Crippen LogP contribution in [-0.2, 0) is 10.9 Å². The number of carbonyl (C=O) groups is 1. The van der Waals surface area contributed by atoms with E-state index in [1.807, 2.05) is 0 Å². The van der Waals surface area contributed by atoms with E-state index in [0.717, 1.165) is 13.2 Å². The summed E-state index contributed by atoms with van der Waals surface area (Å²) >= 11 is 0.560. The van der Waals surface area contributed by atoms with Crippen molar-refractivity contribution in [2.75, 3.05) is 7.11 Å². The largest absolute Gasteiger partial charge is 0.465 e. The van der Waals surface area contributed by atoms with Crippen molar-refractivity contribution in [1.29, 1.82) is 0 Å². The summed E-state index contributed by atoms with van der Waals surface area (Å²) in [7, 11) is 1.11. The molecule has 0 spiro atoms. The summed E-state index contributed by atoms with van der Waals surface area (Å²) < 4.78 is 41.7. The number of esters is 1. The van der Waals surface area contributed by atoms with Crippen LogP contribution in [-0.4, -0.2) is 33.2 Å². The van der Waals surface area contributed by atoms with Gasteiger partial charge in [-0.3, -0.25) is 15.2 Å². The molecule has 0 bridgehead atoms. The number of aromatic nitrogens is 3. The van der Waals surface area contributed by atoms with E-state index >= 15 is 0 Å². The zero-order chi connectivity index (χ0) is 17.2. The zero-order valence-corrected chi connectivity index (χ0v) is 12.1. The number of carbonyl (C=O) groups excluding carboxylic acids is 1. The highest BCUT2D eigenvalue weighted by Gasteiger charge is 2.35. The second-order valence-electron chi connectivity index (χ2n) is 4.00. The highest BCUT2D eigenvalue weighted by molar-refractivity contribution is 7.99. The highest BCUT2D eigenvalue weighted by Crippen LogP contribution is 2.35. The van der Waals surface area contributed by atoms with Crippen molar-refractivity contribution in [3.8, 4) is 0 Å². The quantitative estimate of drug-likeness (QED) is 0.513. The number of hydrogen-bond donors (Lipinski definition) is 1. The third-order valence-corrected chi connectivity index (χ3v) is 3.44. The van der Waals surface area contributed by atoms with E-state index in [-0.39, 0.29) is 15.6 Å². The Morgan fingerprint density at radius 3 is 2.65 bits per heavy atom. The molecule has 0 unspecified atom stereocenters. The fourth-order valence-corrected chi connectivity index (χ4v) is 2.31. The average Bonchev–Trinajstić information content (AvgIpc) is 2.95. The van der Waals surface area contributed by atoms with E-state index in [0.29, 0.717) is 11.8 Å². The van der Waals surface area contributed by atoms with Gasteiger partial charge in [0.1, 0.15) is 0 Å². The average molecular weight is 348 g/mol. The van der Waals surface area contributed by atoms with E-state index in [4.69, 9.17) is 0 Å². The van der Waals surface area contributed by atoms with E-state index in [2.05, 4.69) is 14.8 Å². The maximum Gasteiger partial charge on any atom is 0.451 e. The Kier molecular flexibility index (Phi) is 4.54. The molecule has 1 heterocycles. The minimum atomic E-state index is -4.70. The second-order valence-corrected chi connectivity index (χ2v) is 5.01. The van der Waals surface area contributed by atoms with Crippen molar-refractivity contribution < 1.29 is 27.6 Å². The van der Waals surface area contributed by atoms with E-state index < -0.39 is 28.6 Å². The van der Waals surface area contributed by atoms with Gasteiger partial charge in [0, 0.05) is 6.07 Å². The minimum absolute atomic E-state index is 0.0182. The first-order valence-corrected chi connectivity index (χ1v) is 6.58. The molecule has 1 aromatic heterocycles. The maximum absolute atomic E-state index is 12.4. The predicted octanol–water partition coefficient (Wildman–Crippen LogP) is 2.67. The molecule has 0 fully saturated rings. The van der Waals surface area contributed by atoms with Crippen LogP contribution in [0.3, 0.4) is 0 Å². The van der Waals surface area contributed by atoms with Gasteiger partial charge in [-0.15, -0.1) is 5.10 Å². The molecule has 23 heavy (non-hydrogen) atoms. The lowest BCUT2D eigenvalue weighted by Crippen LogP contribution is -2.07. The Morgan fingerprint density at radius 1 is 1.43 bits per heavy atom. The number of hydrogen-bond acceptors (Lipinski definition) is 7. The Bertz CT molecular complexity index is 762. The van der Waals surface area contributed by atoms with Gasteiger partial charge in [0.15, 0.2) is 0 Å². The van der Waals surface area contributed by atoms with Gasteiger partial charge in [-0.2, -0.15) is 18.2 Å². The summed E-state index contributed by atoms with van der Waals surface area (Å²) in [5, 5.41) is 15.8. The molecular weight excluding hydrogens is 341 g/mol. The number of nitro benzene ring substituents is 1. The van der Waals surface area contributed by atoms with Crippen molar-refractivity contribution in [2.24, 2.45) is 0 Å². The standard InChI is InChI=1S/C11H7F3N4O4S/c1-22-8(19)5-2-3-7(6(4-5)18(20)21)23-10-15-9(16-17-10)11(12,13)14/h2-4H,1H3,(H,15,16,17). The molecule has 0 aliphatic rings. The number of aromatic amines is 1. The molecule has 2 rings (SSSR count). The van der Waals surface area contributed by atoms with Crippen molar-refractivity contribution in [3.05, 3.63) is 39.7 Å². The van der Waals surface area contributed by atoms with Gasteiger partial charge in [-0.25, -0.2) is 4.79 Å². The lowest BCUT2D eigenvalue weighted by Gasteiger charge is -2.03. The third-order valence-electron chi connectivity index (χ3n) is 2.51. The van der Waals surface area contributed by atoms with Crippen LogP contribution in [0.2, 0.25) is 0 Å². The number of ether oxygens (including phenoxy) is 1. The van der Waals surface area contributed by atoms with Crippen LogP contribution >= 0.6 is 11.8 Å². The van der Waals surface area contributed by atoms with Crippen LogP contribution in [0.25, 0.3) is 0 Å². The van der Waals surface area contributed by atoms with E-state index in [9.17, 15) is 28.1 Å². The SMILES string of the molecule is COC(=O)c1ccc(Sc2n[nH]c(C(F)(F)F)n2)c([N+](=O)[O-])c1. The lowest BCUT2D eigenvalue weighted by molar-refractivity contribution is -0.387. The van der Waals surface area contributed by atoms with Gasteiger partial charge in [-0.05, 0) is 23.9 Å². The summed E-state index contributed by atoms with van der Waals surface area (Å²) in [4.78, 5) is 24.8. The normalized spacial score (nSPS) is 11.3. The molecule has 8 nitrogen and oxygen atoms in total. The van der Waals surface area contributed by atoms with Crippen LogP contribution in [0.1, 0.15) is 16.2 Å². The molecule has 0 aliphatic heterocycles. The number of methoxy groups -OCH3 is 1. The summed E-state index contributed by atoms with van der Waals surface area (Å²) in [6.45, 7) is 0. The van der Waals surface area contributed by atoms with Crippen LogP contribution in [0.4, 0.5) is 18.9 Å². The lowest BCUT2D eigenvalue weighted by atomic mass is 10.2. The molecule has 1 aromatic carbocycles. The fraction of sp³-hybridized carbons (Fsp3) is 0.182. The summed E-state index contributed by atoms with van der Waals surface area (Å²) in [6, 6.07) is 3.42. The topological polar surface area (TPSA) is 111 Å². The number of alkyl halides is 3. The van der Waals surface area contributed by atoms with Crippen molar-refractivity contribution in [2.45, 2.75) is 16.2 Å². The van der Waals surface area contributed by atoms with Crippen LogP contribution in [0, 0.1) is 10.1 Å². The summed E-state index contributed by atoms with van der Waals surface area (Å²) in [6.07, 6.45) is -4.70. The Hall–Kier alpha value is -2.63. The number of benzene rings is 1. The van der Waals surface area contributed by atoms with Gasteiger partial charge >= 0.3 is 12.1 Å². The molecule has 0 radical (unpaired) electrons. The van der Waals surface area contributed by atoms with Crippen molar-refractivity contribution in [3.63, 3.8) is 0 Å². The van der Waals surface area contributed by atoms with E-state index in [1.54, 1.807) is 5.10 Å². The number of rotatable bonds is 4. The smallest absolute Gasteiger partial charge is 0.451 e. The molecule has 122 valence electrons. The molecule has 0 amide bonds. The van der Waals surface area contributed by atoms with Crippen LogP contribution < -0.4 is 0 Å². The fourth-order valence-electron chi connectivity index (χ4n) is 1.51. The summed E-state index contributed by atoms with van der Waals surface area (Å²) in [5.74, 6) is -2.09. The molecule has 2 aromatic rings. The molecule has 0 aliphatic carbocycles. The highest BCUT2D eigenvalue weighted by atomic mass is 32.2. The number of nitro groups is 1. The molecule has 0 atom stereocenters. The molecule has 12 heteroatoms. The predicted molar refractivity (Wildman–Crippen MR) is 69.9 cm³/mol. The molecule has 0 saturated heterocycles. The van der Waals surface area contributed by atoms with Crippen molar-refractivity contribution >= 4 is 23.4 Å². The minimum Gasteiger partial charge on any atom is -0.465 e. The van der Waals surface area contributed by atoms with Gasteiger partial charge in [0.25, 0.3) is 5.69 Å². The zero-order valence-electron chi connectivity index (χ0n) is 11.2. The Morgan fingerprint density at radius 2 is 2.13 bits per heavy atom. The van der Waals surface area contributed by atoms with E-state index in [1.165, 1.54) is 12.1 Å². The number of nitrogens with one attached hydrogen (secondary N) is 1. The number of H-pyrrole nitrogens is 1. The van der Waals surface area contributed by atoms with Gasteiger partial charge in [-0.1, -0.05) is 0 Å². The second kappa shape index (κ2) is 6.24. The molecule has 0 saturated carbocycles. The van der Waals surface area contributed by atoms with Crippen LogP contribution in [0.5, 0.6) is 0 Å². The summed E-state index contributed by atoms with van der Waals surface area (Å²) in [5.41, 5.74) is -0.536. The van der Waals surface area contributed by atoms with Gasteiger partial charge in [0.05, 0.1) is 22.5 Å². The van der Waals surface area contributed by atoms with Gasteiger partial charge < -0.3 is 4.74 Å². The third kappa shape index (κ3) is 3.77. The first kappa shape index (κ1) is 16.7. The number of nitrogens with zero attached hydrogens (tertiary/aromatic N) is 3. The number of halogens is 3. The Labute approximate surface area is 130 Å². The maximum atomic E-state index is 12.4. The van der Waals surface area contributed by atoms with Crippen molar-refractivity contribution in [1.82, 2.24) is 15.2 Å². The Balaban J connectivity index is 2.34.